The van der Waals surface area contributed by atoms with Gasteiger partial charge in [-0.25, -0.2) is 0 Å². The maximum Gasteiger partial charge on any atom is 0.249 e. The van der Waals surface area contributed by atoms with Crippen LogP contribution in [0.4, 0.5) is 0 Å². The van der Waals surface area contributed by atoms with Crippen LogP contribution in [0, 0.1) is 5.92 Å². The number of likely N-dealkylation sites (tertiary alicyclic amines) is 1. The first-order valence-electron chi connectivity index (χ1n) is 6.32. The summed E-state index contributed by atoms with van der Waals surface area (Å²) in [5.41, 5.74) is 2.29. The third kappa shape index (κ3) is 2.37. The van der Waals surface area contributed by atoms with E-state index in [2.05, 4.69) is 19.6 Å². The summed E-state index contributed by atoms with van der Waals surface area (Å²) in [5.74, 6) is 0.882. The number of carbonyl (C=O) groups is 1. The summed E-state index contributed by atoms with van der Waals surface area (Å²) < 4.78 is 0. The molecule has 2 heteroatoms. The predicted molar refractivity (Wildman–Crippen MR) is 66.1 cm³/mol. The average molecular weight is 219 g/mol. The van der Waals surface area contributed by atoms with Gasteiger partial charge >= 0.3 is 0 Å². The van der Waals surface area contributed by atoms with Gasteiger partial charge in [-0.15, -0.1) is 0 Å². The minimum atomic E-state index is 0.290. The van der Waals surface area contributed by atoms with Crippen molar-refractivity contribution < 1.29 is 4.79 Å². The zero-order chi connectivity index (χ0) is 11.5. The van der Waals surface area contributed by atoms with Crippen LogP contribution in [0.3, 0.4) is 0 Å². The highest BCUT2D eigenvalue weighted by atomic mass is 16.2. The lowest BCUT2D eigenvalue weighted by Crippen LogP contribution is -2.30. The summed E-state index contributed by atoms with van der Waals surface area (Å²) >= 11 is 0. The summed E-state index contributed by atoms with van der Waals surface area (Å²) in [7, 11) is 0. The predicted octanol–water partition coefficient (Wildman–Crippen LogP) is 2.91. The van der Waals surface area contributed by atoms with E-state index in [4.69, 9.17) is 0 Å². The minimum absolute atomic E-state index is 0.290. The van der Waals surface area contributed by atoms with E-state index in [-0.39, 0.29) is 5.91 Å². The summed E-state index contributed by atoms with van der Waals surface area (Å²) in [5, 5.41) is 0. The summed E-state index contributed by atoms with van der Waals surface area (Å²) in [4.78, 5) is 14.1. The maximum atomic E-state index is 12.1. The molecule has 1 aliphatic carbocycles. The molecule has 2 aliphatic rings. The molecule has 0 N–H and O–H groups in total. The number of nitrogens with zero attached hydrogens (tertiary/aromatic N) is 1. The Morgan fingerprint density at radius 3 is 2.62 bits per heavy atom. The summed E-state index contributed by atoms with van der Waals surface area (Å²) in [6.07, 6.45) is 7.53. The molecule has 88 valence electrons. The number of hydrogen-bond acceptors (Lipinski definition) is 1. The number of allylic oxidation sites excluding steroid dienone is 2. The van der Waals surface area contributed by atoms with Gasteiger partial charge in [0.25, 0.3) is 0 Å². The van der Waals surface area contributed by atoms with Crippen molar-refractivity contribution >= 4 is 5.91 Å². The van der Waals surface area contributed by atoms with E-state index in [1.165, 1.54) is 18.4 Å². The second-order valence-electron chi connectivity index (χ2n) is 5.05. The largest absolute Gasteiger partial charge is 0.339 e. The third-order valence-electron chi connectivity index (χ3n) is 3.78. The van der Waals surface area contributed by atoms with E-state index >= 15 is 0 Å². The van der Waals surface area contributed by atoms with Gasteiger partial charge in [-0.05, 0) is 44.9 Å². The molecular weight excluding hydrogens is 198 g/mol. The second kappa shape index (κ2) is 4.86. The van der Waals surface area contributed by atoms with Gasteiger partial charge in [-0.2, -0.15) is 0 Å². The van der Waals surface area contributed by atoms with E-state index in [9.17, 15) is 4.79 Å². The first-order chi connectivity index (χ1) is 7.68. The molecule has 0 spiro atoms. The molecule has 1 aliphatic heterocycles. The molecule has 0 bridgehead atoms. The van der Waals surface area contributed by atoms with Crippen molar-refractivity contribution in [3.63, 3.8) is 0 Å². The van der Waals surface area contributed by atoms with Gasteiger partial charge in [0.2, 0.25) is 5.91 Å². The Morgan fingerprint density at radius 2 is 2.12 bits per heavy atom. The average Bonchev–Trinajstić information content (AvgIpc) is 2.81. The standard InChI is InChI=1S/C14H21NO/c1-11(2)12-5-7-13(8-6-12)14(16)15-9-3-4-10-15/h7,12H,1,3-6,8-10H2,2H3. The molecule has 2 nitrogen and oxygen atoms in total. The minimum Gasteiger partial charge on any atom is -0.339 e. The third-order valence-corrected chi connectivity index (χ3v) is 3.78. The summed E-state index contributed by atoms with van der Waals surface area (Å²) in [6, 6.07) is 0. The Hall–Kier alpha value is -1.05. The van der Waals surface area contributed by atoms with Crippen molar-refractivity contribution in [1.82, 2.24) is 4.90 Å². The topological polar surface area (TPSA) is 20.3 Å². The van der Waals surface area contributed by atoms with Gasteiger partial charge in [-0.3, -0.25) is 4.79 Å². The van der Waals surface area contributed by atoms with Gasteiger partial charge in [0, 0.05) is 18.7 Å². The van der Waals surface area contributed by atoms with Crippen LogP contribution >= 0.6 is 0 Å². The van der Waals surface area contributed by atoms with Crippen molar-refractivity contribution in [2.24, 2.45) is 5.92 Å². The highest BCUT2D eigenvalue weighted by Crippen LogP contribution is 2.29. The molecule has 1 fully saturated rings. The smallest absolute Gasteiger partial charge is 0.249 e. The van der Waals surface area contributed by atoms with E-state index in [0.29, 0.717) is 5.92 Å². The van der Waals surface area contributed by atoms with Crippen molar-refractivity contribution in [3.05, 3.63) is 23.8 Å². The lowest BCUT2D eigenvalue weighted by atomic mass is 9.85. The van der Waals surface area contributed by atoms with E-state index < -0.39 is 0 Å². The molecular formula is C14H21NO. The van der Waals surface area contributed by atoms with Crippen LogP contribution < -0.4 is 0 Å². The van der Waals surface area contributed by atoms with Crippen molar-refractivity contribution in [2.45, 2.75) is 39.0 Å². The summed E-state index contributed by atoms with van der Waals surface area (Å²) in [6.45, 7) is 8.01. The Kier molecular flexibility index (Phi) is 3.47. The second-order valence-corrected chi connectivity index (χ2v) is 5.05. The number of carbonyl (C=O) groups excluding carboxylic acids is 1. The fourth-order valence-corrected chi connectivity index (χ4v) is 2.60. The quantitative estimate of drug-likeness (QED) is 0.654. The molecule has 1 heterocycles. The first kappa shape index (κ1) is 11.4. The van der Waals surface area contributed by atoms with Gasteiger partial charge in [0.15, 0.2) is 0 Å². The number of amides is 1. The van der Waals surface area contributed by atoms with Crippen LogP contribution in [0.15, 0.2) is 23.8 Å². The molecule has 0 saturated carbocycles. The fourth-order valence-electron chi connectivity index (χ4n) is 2.60. The molecule has 1 amide bonds. The van der Waals surface area contributed by atoms with Crippen LogP contribution in [0.1, 0.15) is 39.0 Å². The van der Waals surface area contributed by atoms with Gasteiger partial charge in [0.1, 0.15) is 0 Å². The molecule has 0 aromatic carbocycles. The normalized spacial score (nSPS) is 25.4. The lowest BCUT2D eigenvalue weighted by molar-refractivity contribution is -0.126. The lowest BCUT2D eigenvalue weighted by Gasteiger charge is -2.24. The Labute approximate surface area is 98.0 Å². The van der Waals surface area contributed by atoms with Crippen molar-refractivity contribution in [1.29, 1.82) is 0 Å². The van der Waals surface area contributed by atoms with Crippen LogP contribution in [0.25, 0.3) is 0 Å². The Morgan fingerprint density at radius 1 is 1.44 bits per heavy atom. The van der Waals surface area contributed by atoms with Crippen LogP contribution in [0.2, 0.25) is 0 Å². The molecule has 1 unspecified atom stereocenters. The van der Waals surface area contributed by atoms with E-state index in [1.54, 1.807) is 0 Å². The van der Waals surface area contributed by atoms with Crippen LogP contribution in [0.5, 0.6) is 0 Å². The fraction of sp³-hybridized carbons (Fsp3) is 0.643. The molecule has 16 heavy (non-hydrogen) atoms. The number of rotatable bonds is 2. The van der Waals surface area contributed by atoms with Crippen molar-refractivity contribution in [2.75, 3.05) is 13.1 Å². The molecule has 0 aromatic heterocycles. The highest BCUT2D eigenvalue weighted by molar-refractivity contribution is 5.93. The monoisotopic (exact) mass is 219 g/mol. The van der Waals surface area contributed by atoms with Crippen LogP contribution in [-0.4, -0.2) is 23.9 Å². The molecule has 1 atom stereocenters. The Balaban J connectivity index is 1.96. The number of hydrogen-bond donors (Lipinski definition) is 0. The van der Waals surface area contributed by atoms with Gasteiger partial charge in [-0.1, -0.05) is 18.2 Å². The van der Waals surface area contributed by atoms with Gasteiger partial charge < -0.3 is 4.90 Å². The molecule has 0 aromatic rings. The zero-order valence-corrected chi connectivity index (χ0v) is 10.2. The Bertz CT molecular complexity index is 324. The van der Waals surface area contributed by atoms with Crippen LogP contribution in [-0.2, 0) is 4.79 Å². The first-order valence-corrected chi connectivity index (χ1v) is 6.32. The highest BCUT2D eigenvalue weighted by Gasteiger charge is 2.24. The zero-order valence-electron chi connectivity index (χ0n) is 10.2. The SMILES string of the molecule is C=C(C)C1CC=C(C(=O)N2CCCC2)CC1. The van der Waals surface area contributed by atoms with Gasteiger partial charge in [0.05, 0.1) is 0 Å². The van der Waals surface area contributed by atoms with E-state index in [0.717, 1.165) is 37.9 Å². The van der Waals surface area contributed by atoms with E-state index in [1.807, 2.05) is 4.90 Å². The molecule has 2 rings (SSSR count). The molecule has 1 saturated heterocycles. The van der Waals surface area contributed by atoms with Crippen molar-refractivity contribution in [3.8, 4) is 0 Å². The molecule has 0 radical (unpaired) electrons. The maximum absolute atomic E-state index is 12.1.